The Kier molecular flexibility index (Phi) is 5.03. The van der Waals surface area contributed by atoms with Crippen LogP contribution in [0.1, 0.15) is 33.6 Å². The number of aromatic nitrogens is 3. The summed E-state index contributed by atoms with van der Waals surface area (Å²) in [5, 5.41) is 13.8. The number of aryl methyl sites for hydroxylation is 1. The number of rotatable bonds is 4. The molecule has 2 amide bonds. The molecule has 0 saturated carbocycles. The summed E-state index contributed by atoms with van der Waals surface area (Å²) in [5.74, 6) is -0.357. The molecule has 28 heavy (non-hydrogen) atoms. The highest BCUT2D eigenvalue weighted by Gasteiger charge is 2.17. The fourth-order valence-electron chi connectivity index (χ4n) is 3.20. The van der Waals surface area contributed by atoms with Crippen molar-refractivity contribution in [1.29, 1.82) is 0 Å². The zero-order valence-electron chi connectivity index (χ0n) is 15.5. The highest BCUT2D eigenvalue weighted by molar-refractivity contribution is 6.06. The van der Waals surface area contributed by atoms with Gasteiger partial charge in [-0.25, -0.2) is 4.68 Å². The minimum Gasteiger partial charge on any atom is -0.381 e. The summed E-state index contributed by atoms with van der Waals surface area (Å²) in [6, 6.07) is 12.2. The molecule has 2 aromatic carbocycles. The summed E-state index contributed by atoms with van der Waals surface area (Å²) >= 11 is 0. The van der Waals surface area contributed by atoms with Gasteiger partial charge in [-0.15, -0.1) is 5.10 Å². The molecule has 0 unspecified atom stereocenters. The Morgan fingerprint density at radius 2 is 1.75 bits per heavy atom. The third kappa shape index (κ3) is 3.86. The van der Waals surface area contributed by atoms with Gasteiger partial charge in [0.15, 0.2) is 0 Å². The van der Waals surface area contributed by atoms with E-state index in [1.807, 2.05) is 6.07 Å². The molecule has 4 rings (SSSR count). The van der Waals surface area contributed by atoms with Crippen LogP contribution in [0.2, 0.25) is 0 Å². The fraction of sp³-hybridized carbons (Fsp3) is 0.300. The topological polar surface area (TPSA) is 98.1 Å². The van der Waals surface area contributed by atoms with E-state index in [9.17, 15) is 9.59 Å². The minimum atomic E-state index is -0.244. The minimum absolute atomic E-state index is 0.113. The lowest BCUT2D eigenvalue weighted by Gasteiger charge is -2.23. The normalized spacial score (nSPS) is 14.8. The van der Waals surface area contributed by atoms with Crippen molar-refractivity contribution in [2.45, 2.75) is 18.9 Å². The fourth-order valence-corrected chi connectivity index (χ4v) is 3.20. The predicted molar refractivity (Wildman–Crippen MR) is 104 cm³/mol. The lowest BCUT2D eigenvalue weighted by atomic mass is 10.1. The third-order valence-electron chi connectivity index (χ3n) is 4.83. The molecule has 144 valence electrons. The number of ether oxygens (including phenoxy) is 1. The van der Waals surface area contributed by atoms with Crippen LogP contribution in [0.4, 0.5) is 5.69 Å². The van der Waals surface area contributed by atoms with Gasteiger partial charge in [-0.05, 0) is 55.3 Å². The Bertz CT molecular complexity index is 1010. The molecule has 1 saturated heterocycles. The first kappa shape index (κ1) is 18.1. The third-order valence-corrected chi connectivity index (χ3v) is 4.83. The van der Waals surface area contributed by atoms with E-state index in [2.05, 4.69) is 20.9 Å². The Morgan fingerprint density at radius 3 is 2.50 bits per heavy atom. The van der Waals surface area contributed by atoms with Crippen molar-refractivity contribution in [1.82, 2.24) is 20.3 Å². The molecule has 2 N–H and O–H groups in total. The van der Waals surface area contributed by atoms with Gasteiger partial charge in [-0.2, -0.15) is 0 Å². The van der Waals surface area contributed by atoms with Crippen molar-refractivity contribution < 1.29 is 14.3 Å². The van der Waals surface area contributed by atoms with Crippen LogP contribution in [0.25, 0.3) is 11.0 Å². The van der Waals surface area contributed by atoms with E-state index in [0.717, 1.165) is 18.4 Å². The van der Waals surface area contributed by atoms with Gasteiger partial charge in [0.1, 0.15) is 5.52 Å². The van der Waals surface area contributed by atoms with Gasteiger partial charge in [0.05, 0.1) is 5.52 Å². The Hall–Kier alpha value is -3.26. The first-order valence-electron chi connectivity index (χ1n) is 9.19. The number of anilines is 1. The van der Waals surface area contributed by atoms with E-state index in [1.165, 1.54) is 0 Å². The number of fused-ring (bicyclic) bond motifs is 1. The van der Waals surface area contributed by atoms with Crippen LogP contribution in [0.5, 0.6) is 0 Å². The van der Waals surface area contributed by atoms with E-state index in [4.69, 9.17) is 4.74 Å². The summed E-state index contributed by atoms with van der Waals surface area (Å²) in [4.78, 5) is 24.8. The largest absolute Gasteiger partial charge is 0.381 e. The number of hydrogen-bond donors (Lipinski definition) is 2. The lowest BCUT2D eigenvalue weighted by Crippen LogP contribution is -2.38. The zero-order chi connectivity index (χ0) is 19.5. The van der Waals surface area contributed by atoms with Crippen LogP contribution in [0, 0.1) is 0 Å². The molecule has 8 heteroatoms. The number of carbonyl (C=O) groups excluding carboxylic acids is 2. The van der Waals surface area contributed by atoms with Crippen LogP contribution < -0.4 is 10.6 Å². The van der Waals surface area contributed by atoms with Crippen LogP contribution in [-0.2, 0) is 11.8 Å². The average molecular weight is 379 g/mol. The first-order valence-corrected chi connectivity index (χ1v) is 9.19. The van der Waals surface area contributed by atoms with Crippen molar-refractivity contribution >= 4 is 28.5 Å². The van der Waals surface area contributed by atoms with Gasteiger partial charge < -0.3 is 15.4 Å². The number of nitrogens with zero attached hydrogens (tertiary/aromatic N) is 3. The summed E-state index contributed by atoms with van der Waals surface area (Å²) < 4.78 is 6.95. The molecule has 1 aliphatic rings. The summed E-state index contributed by atoms with van der Waals surface area (Å²) in [5.41, 5.74) is 3.19. The van der Waals surface area contributed by atoms with Crippen LogP contribution in [-0.4, -0.2) is 46.1 Å². The number of hydrogen-bond acceptors (Lipinski definition) is 5. The molecule has 8 nitrogen and oxygen atoms in total. The van der Waals surface area contributed by atoms with Gasteiger partial charge in [0, 0.05) is 43.1 Å². The maximum absolute atomic E-state index is 12.5. The number of carbonyl (C=O) groups is 2. The Labute approximate surface area is 161 Å². The molecule has 0 radical (unpaired) electrons. The van der Waals surface area contributed by atoms with E-state index >= 15 is 0 Å². The van der Waals surface area contributed by atoms with Crippen LogP contribution >= 0.6 is 0 Å². The number of benzene rings is 2. The Balaban J connectivity index is 1.40. The first-order chi connectivity index (χ1) is 13.6. The molecule has 0 atom stereocenters. The molecule has 0 bridgehead atoms. The molecule has 0 spiro atoms. The number of nitrogens with one attached hydrogen (secondary N) is 2. The monoisotopic (exact) mass is 379 g/mol. The van der Waals surface area contributed by atoms with Gasteiger partial charge >= 0.3 is 0 Å². The molecule has 0 aliphatic carbocycles. The quantitative estimate of drug-likeness (QED) is 0.724. The van der Waals surface area contributed by atoms with E-state index in [0.29, 0.717) is 35.5 Å². The van der Waals surface area contributed by atoms with Crippen molar-refractivity contribution in [3.05, 3.63) is 53.6 Å². The average Bonchev–Trinajstić information content (AvgIpc) is 3.09. The molecular formula is C20H21N5O3. The maximum atomic E-state index is 12.5. The van der Waals surface area contributed by atoms with E-state index in [-0.39, 0.29) is 17.9 Å². The van der Waals surface area contributed by atoms with Crippen LogP contribution in [0.15, 0.2) is 42.5 Å². The summed E-state index contributed by atoms with van der Waals surface area (Å²) in [6.45, 7) is 1.35. The Morgan fingerprint density at radius 1 is 1.04 bits per heavy atom. The van der Waals surface area contributed by atoms with Gasteiger partial charge in [-0.1, -0.05) is 5.21 Å². The van der Waals surface area contributed by atoms with Crippen LogP contribution in [0.3, 0.4) is 0 Å². The molecular weight excluding hydrogens is 358 g/mol. The predicted octanol–water partition coefficient (Wildman–Crippen LogP) is 2.13. The second-order valence-electron chi connectivity index (χ2n) is 6.81. The van der Waals surface area contributed by atoms with Crippen molar-refractivity contribution in [2.75, 3.05) is 18.5 Å². The van der Waals surface area contributed by atoms with Gasteiger partial charge in [-0.3, -0.25) is 9.59 Å². The smallest absolute Gasteiger partial charge is 0.255 e. The zero-order valence-corrected chi connectivity index (χ0v) is 15.5. The molecule has 3 aromatic rings. The molecule has 2 heterocycles. The molecule has 1 aromatic heterocycles. The van der Waals surface area contributed by atoms with Crippen molar-refractivity contribution in [3.8, 4) is 0 Å². The standard InChI is InChI=1S/C20H21N5O3/c1-25-18-7-4-14(12-17(18)23-24-25)20(27)21-15-5-2-13(3-6-15)19(26)22-16-8-10-28-11-9-16/h2-7,12,16H,8-11H2,1H3,(H,21,27)(H,22,26). The second-order valence-corrected chi connectivity index (χ2v) is 6.81. The summed E-state index contributed by atoms with van der Waals surface area (Å²) in [7, 11) is 1.80. The maximum Gasteiger partial charge on any atom is 0.255 e. The lowest BCUT2D eigenvalue weighted by molar-refractivity contribution is 0.0696. The highest BCUT2D eigenvalue weighted by Crippen LogP contribution is 2.16. The molecule has 1 aliphatic heterocycles. The van der Waals surface area contributed by atoms with E-state index < -0.39 is 0 Å². The van der Waals surface area contributed by atoms with Crippen molar-refractivity contribution in [2.24, 2.45) is 7.05 Å². The molecule has 1 fully saturated rings. The van der Waals surface area contributed by atoms with Gasteiger partial charge in [0.25, 0.3) is 11.8 Å². The van der Waals surface area contributed by atoms with Gasteiger partial charge in [0.2, 0.25) is 0 Å². The highest BCUT2D eigenvalue weighted by atomic mass is 16.5. The SMILES string of the molecule is Cn1nnc2cc(C(=O)Nc3ccc(C(=O)NC4CCOCC4)cc3)ccc21. The number of amides is 2. The van der Waals surface area contributed by atoms with Crippen molar-refractivity contribution in [3.63, 3.8) is 0 Å². The second kappa shape index (κ2) is 7.77. The summed E-state index contributed by atoms with van der Waals surface area (Å²) in [6.07, 6.45) is 1.66. The van der Waals surface area contributed by atoms with E-state index in [1.54, 1.807) is 48.1 Å².